The van der Waals surface area contributed by atoms with Crippen molar-refractivity contribution in [3.63, 3.8) is 0 Å². The van der Waals surface area contributed by atoms with E-state index in [0.717, 1.165) is 191 Å². The third-order valence-corrected chi connectivity index (χ3v) is 27.5. The first kappa shape index (κ1) is 86.6. The van der Waals surface area contributed by atoms with Crippen molar-refractivity contribution in [2.45, 2.75) is 0 Å². The Kier molecular flexibility index (Phi) is 22.4. The van der Waals surface area contributed by atoms with Crippen molar-refractivity contribution in [3.05, 3.63) is 497 Å². The lowest BCUT2D eigenvalue weighted by molar-refractivity contribution is 0.477. The van der Waals surface area contributed by atoms with Gasteiger partial charge in [0, 0.05) is 98.1 Å². The number of hydrogen-bond donors (Lipinski definition) is 0. The van der Waals surface area contributed by atoms with E-state index in [-0.39, 0.29) is 0 Å². The fourth-order valence-electron chi connectivity index (χ4n) is 19.2. The number of nitrogens with zero attached hydrogens (tertiary/aromatic N) is 12. The van der Waals surface area contributed by atoms with Crippen LogP contribution >= 0.6 is 11.3 Å². The molecule has 0 fully saturated rings. The highest BCUT2D eigenvalue weighted by atomic mass is 32.1. The Morgan fingerprint density at radius 1 is 0.151 bits per heavy atom. The SMILES string of the molecule is c1ccc(-c2ccc3c(c2)Oc2ccccc2N3c2ccc(-c3nc(-c4ccccc4)nc(-c4ccccc4)n3)cc2)cc1.c1ccc(-c2nc(-c3ccccc3)nc(-c3ccc(N4c5ccccc5Oc5cc(-c6ccc7oc8ccccc8c7c6)ccc54)cc3)n2)cc1.c1ccc(-c2nc(-c3ccccc3)nc(-c3ccc(N4c5ccccc5Oc5cc(-c6ccc7sc8ccccc8c7c6)ccc54)cc3)n2)cc1. The molecule has 0 bridgehead atoms. The largest absolute Gasteiger partial charge is 0.456 e. The van der Waals surface area contributed by atoms with E-state index >= 15 is 0 Å². The second-order valence-corrected chi connectivity index (χ2v) is 36.6. The van der Waals surface area contributed by atoms with Gasteiger partial charge in [-0.1, -0.05) is 315 Å². The summed E-state index contributed by atoms with van der Waals surface area (Å²) in [5.74, 6) is 10.5. The Balaban J connectivity index is 0.000000112. The number of furan rings is 1. The zero-order chi connectivity index (χ0) is 96.7. The van der Waals surface area contributed by atoms with Gasteiger partial charge in [0.1, 0.15) is 11.2 Å². The summed E-state index contributed by atoms with van der Waals surface area (Å²) in [5.41, 5.74) is 25.7. The number of ether oxygens (including phenoxy) is 3. The van der Waals surface area contributed by atoms with Gasteiger partial charge in [0.15, 0.2) is 86.9 Å². The van der Waals surface area contributed by atoms with Gasteiger partial charge >= 0.3 is 0 Å². The number of aromatic nitrogens is 9. The van der Waals surface area contributed by atoms with Gasteiger partial charge in [-0.25, -0.2) is 44.9 Å². The minimum absolute atomic E-state index is 0.615. The average molecular weight is 1900 g/mol. The Bertz CT molecular complexity index is 8660. The maximum atomic E-state index is 6.57. The Hall–Kier alpha value is -19.8. The Morgan fingerprint density at radius 3 is 0.733 bits per heavy atom. The topological polar surface area (TPSA) is 167 Å². The van der Waals surface area contributed by atoms with Gasteiger partial charge in [0.25, 0.3) is 0 Å². The van der Waals surface area contributed by atoms with Crippen LogP contribution in [-0.2, 0) is 0 Å². The zero-order valence-corrected chi connectivity index (χ0v) is 79.1. The number of benzene rings is 20. The van der Waals surface area contributed by atoms with Crippen molar-refractivity contribution >= 4 is 105 Å². The van der Waals surface area contributed by atoms with E-state index in [0.29, 0.717) is 52.4 Å². The van der Waals surface area contributed by atoms with Gasteiger partial charge in [-0.2, -0.15) is 0 Å². The summed E-state index contributed by atoms with van der Waals surface area (Å²) in [6, 6.07) is 169. The molecule has 688 valence electrons. The van der Waals surface area contributed by atoms with E-state index in [1.54, 1.807) is 0 Å². The second kappa shape index (κ2) is 37.8. The van der Waals surface area contributed by atoms with Gasteiger partial charge in [-0.15, -0.1) is 11.3 Å². The first-order valence-electron chi connectivity index (χ1n) is 48.2. The van der Waals surface area contributed by atoms with E-state index < -0.39 is 0 Å². The molecule has 0 atom stereocenters. The van der Waals surface area contributed by atoms with Crippen LogP contribution in [-0.4, -0.2) is 44.9 Å². The first-order valence-corrected chi connectivity index (χ1v) is 49.1. The number of rotatable bonds is 15. The molecule has 17 heteroatoms. The van der Waals surface area contributed by atoms with Crippen molar-refractivity contribution in [2.75, 3.05) is 14.7 Å². The van der Waals surface area contributed by atoms with E-state index in [4.69, 9.17) is 63.5 Å². The van der Waals surface area contributed by atoms with Crippen LogP contribution < -0.4 is 28.9 Å². The van der Waals surface area contributed by atoms with Crippen LogP contribution in [0.5, 0.6) is 34.5 Å². The van der Waals surface area contributed by atoms with Crippen molar-refractivity contribution in [1.29, 1.82) is 0 Å². The zero-order valence-electron chi connectivity index (χ0n) is 78.3. The van der Waals surface area contributed by atoms with E-state index in [2.05, 4.69) is 245 Å². The molecule has 0 spiro atoms. The summed E-state index contributed by atoms with van der Waals surface area (Å²) in [4.78, 5) is 50.8. The standard InChI is InChI=1S/C45H28N4O2.C45H28N4OS.C39H26N4O/c1-3-11-29(12-4-1)43-46-44(30-13-5-2-6-14-30)48-45(47-43)31-19-23-34(24-20-31)49-37-16-8-10-18-41(37)51-42-28-33(21-25-38(42)49)32-22-26-40-36(27-32)35-15-7-9-17-39(35)50-40;1-3-11-29(12-4-1)43-46-44(30-13-5-2-6-14-30)48-45(47-43)31-19-23-34(24-20-31)49-37-16-8-9-17-39(37)50-40-28-33(21-25-38(40)49)32-22-26-42-36(27-32)35-15-7-10-18-41(35)51-42;1-4-12-27(13-5-1)31-22-25-34-36(26-31)44-35-19-11-10-18-33(35)43(34)32-23-20-30(21-24-32)39-41-37(28-14-6-2-7-15-28)40-38(42-39)29-16-8-3-9-17-29/h2*1-28H;1-26H. The molecule has 8 heterocycles. The quantitative estimate of drug-likeness (QED) is 0.0950. The molecule has 20 aromatic carbocycles. The van der Waals surface area contributed by atoms with Crippen molar-refractivity contribution in [2.24, 2.45) is 0 Å². The molecule has 0 unspecified atom stereocenters. The lowest BCUT2D eigenvalue weighted by Crippen LogP contribution is -2.15. The summed E-state index contributed by atoms with van der Waals surface area (Å²) in [5, 5.41) is 4.78. The van der Waals surface area contributed by atoms with Crippen LogP contribution in [0, 0.1) is 0 Å². The molecule has 0 amide bonds. The summed E-state index contributed by atoms with van der Waals surface area (Å²) in [7, 11) is 0. The highest BCUT2D eigenvalue weighted by molar-refractivity contribution is 7.25. The second-order valence-electron chi connectivity index (χ2n) is 35.5. The molecule has 0 N–H and O–H groups in total. The third-order valence-electron chi connectivity index (χ3n) is 26.4. The Morgan fingerprint density at radius 2 is 0.384 bits per heavy atom. The molecular weight excluding hydrogens is 1810 g/mol. The van der Waals surface area contributed by atoms with Crippen LogP contribution in [0.25, 0.3) is 178 Å². The Labute approximate surface area is 844 Å². The number of para-hydroxylation sites is 7. The minimum Gasteiger partial charge on any atom is -0.456 e. The van der Waals surface area contributed by atoms with Gasteiger partial charge < -0.3 is 33.3 Å². The van der Waals surface area contributed by atoms with E-state index in [1.807, 2.05) is 278 Å². The molecule has 3 aliphatic heterocycles. The number of fused-ring (bicyclic) bond motifs is 12. The summed E-state index contributed by atoms with van der Waals surface area (Å²) < 4.78 is 28.2. The smallest absolute Gasteiger partial charge is 0.164 e. The van der Waals surface area contributed by atoms with E-state index in [1.165, 1.54) is 20.2 Å². The van der Waals surface area contributed by atoms with Crippen LogP contribution in [0.4, 0.5) is 51.2 Å². The number of hydrogen-bond acceptors (Lipinski definition) is 17. The van der Waals surface area contributed by atoms with Crippen LogP contribution in [0.2, 0.25) is 0 Å². The molecular formula is C129H82N12O4S. The predicted octanol–water partition coefficient (Wildman–Crippen LogP) is 34.6. The fraction of sp³-hybridized carbons (Fsp3) is 0. The monoisotopic (exact) mass is 1890 g/mol. The molecule has 0 aliphatic carbocycles. The number of anilines is 9. The van der Waals surface area contributed by atoms with Crippen molar-refractivity contribution in [3.8, 4) is 170 Å². The molecule has 0 radical (unpaired) electrons. The van der Waals surface area contributed by atoms with Gasteiger partial charge in [0.05, 0.1) is 34.1 Å². The molecule has 146 heavy (non-hydrogen) atoms. The normalized spacial score (nSPS) is 12.0. The predicted molar refractivity (Wildman–Crippen MR) is 589 cm³/mol. The maximum Gasteiger partial charge on any atom is 0.164 e. The van der Waals surface area contributed by atoms with Crippen molar-refractivity contribution < 1.29 is 18.6 Å². The molecule has 3 aliphatic rings. The van der Waals surface area contributed by atoms with Gasteiger partial charge in [-0.3, -0.25) is 0 Å². The van der Waals surface area contributed by atoms with Gasteiger partial charge in [0.2, 0.25) is 0 Å². The van der Waals surface area contributed by atoms with Crippen LogP contribution in [0.1, 0.15) is 0 Å². The molecule has 16 nitrogen and oxygen atoms in total. The first-order chi connectivity index (χ1) is 72.3. The minimum atomic E-state index is 0.615. The molecule has 0 saturated carbocycles. The highest BCUT2D eigenvalue weighted by Crippen LogP contribution is 2.56. The third kappa shape index (κ3) is 16.9. The number of thiophene rings is 1. The summed E-state index contributed by atoms with van der Waals surface area (Å²) in [6.45, 7) is 0. The van der Waals surface area contributed by atoms with Crippen LogP contribution in [0.3, 0.4) is 0 Å². The lowest BCUT2D eigenvalue weighted by Gasteiger charge is -2.33. The maximum absolute atomic E-state index is 6.57. The van der Waals surface area contributed by atoms with Crippen LogP contribution in [0.15, 0.2) is 502 Å². The molecule has 0 saturated heterocycles. The fourth-order valence-corrected chi connectivity index (χ4v) is 20.3. The van der Waals surface area contributed by atoms with E-state index in [9.17, 15) is 0 Å². The molecule has 5 aromatic heterocycles. The average Bonchev–Trinajstić information content (AvgIpc) is 0.839. The molecule has 28 rings (SSSR count). The van der Waals surface area contributed by atoms with Gasteiger partial charge in [-0.05, 0) is 215 Å². The highest BCUT2D eigenvalue weighted by Gasteiger charge is 2.32. The lowest BCUT2D eigenvalue weighted by atomic mass is 10.0. The summed E-state index contributed by atoms with van der Waals surface area (Å²) in [6.07, 6.45) is 0. The molecule has 25 aromatic rings. The summed E-state index contributed by atoms with van der Waals surface area (Å²) >= 11 is 1.83. The van der Waals surface area contributed by atoms with Crippen molar-refractivity contribution in [1.82, 2.24) is 44.9 Å².